The molecule has 0 spiro atoms. The third kappa shape index (κ3) is 3.61. The van der Waals surface area contributed by atoms with Crippen LogP contribution in [0.4, 0.5) is 13.2 Å². The third-order valence-electron chi connectivity index (χ3n) is 6.70. The van der Waals surface area contributed by atoms with Crippen LogP contribution in [0, 0.1) is 17.8 Å². The lowest BCUT2D eigenvalue weighted by molar-refractivity contribution is -0.139. The molecule has 0 radical (unpaired) electrons. The Balaban J connectivity index is 1.45. The minimum absolute atomic E-state index is 0.0287. The van der Waals surface area contributed by atoms with E-state index < -0.39 is 17.3 Å². The Bertz CT molecular complexity index is 761. The molecular formula is C21H27F3N2O2. The fourth-order valence-electron chi connectivity index (χ4n) is 5.72. The maximum atomic E-state index is 12.9. The van der Waals surface area contributed by atoms with Gasteiger partial charge in [0.15, 0.2) is 5.60 Å². The molecular weight excluding hydrogens is 369 g/mol. The predicted octanol–water partition coefficient (Wildman–Crippen LogP) is 3.89. The normalized spacial score (nSPS) is 34.4. The molecule has 1 aromatic carbocycles. The summed E-state index contributed by atoms with van der Waals surface area (Å²) in [5.74, 6) is 1.15. The first-order valence-corrected chi connectivity index (χ1v) is 9.91. The van der Waals surface area contributed by atoms with Gasteiger partial charge in [-0.25, -0.2) is 0 Å². The largest absolute Gasteiger partial charge is 0.478 e. The van der Waals surface area contributed by atoms with Crippen molar-refractivity contribution >= 4 is 5.91 Å². The monoisotopic (exact) mass is 396 g/mol. The summed E-state index contributed by atoms with van der Waals surface area (Å²) in [6, 6.07) is 4.70. The lowest BCUT2D eigenvalue weighted by atomic mass is 9.51. The summed E-state index contributed by atoms with van der Waals surface area (Å²) in [4.78, 5) is 12.9. The van der Waals surface area contributed by atoms with Gasteiger partial charge in [0.2, 0.25) is 0 Å². The maximum Gasteiger partial charge on any atom is 0.416 e. The van der Waals surface area contributed by atoms with Gasteiger partial charge in [-0.05, 0) is 81.9 Å². The van der Waals surface area contributed by atoms with Gasteiger partial charge < -0.3 is 15.8 Å². The number of alkyl halides is 3. The summed E-state index contributed by atoms with van der Waals surface area (Å²) >= 11 is 0. The van der Waals surface area contributed by atoms with Crippen molar-refractivity contribution in [3.8, 4) is 5.75 Å². The van der Waals surface area contributed by atoms with Gasteiger partial charge >= 0.3 is 6.18 Å². The van der Waals surface area contributed by atoms with Crippen molar-refractivity contribution in [2.24, 2.45) is 23.5 Å². The average molecular weight is 396 g/mol. The number of rotatable bonds is 4. The van der Waals surface area contributed by atoms with Crippen molar-refractivity contribution in [1.82, 2.24) is 5.32 Å². The van der Waals surface area contributed by atoms with Crippen LogP contribution >= 0.6 is 0 Å². The summed E-state index contributed by atoms with van der Waals surface area (Å²) in [5, 5.41) is 3.14. The summed E-state index contributed by atoms with van der Waals surface area (Å²) < 4.78 is 44.4. The molecule has 7 heteroatoms. The van der Waals surface area contributed by atoms with Crippen molar-refractivity contribution in [3.05, 3.63) is 29.8 Å². The summed E-state index contributed by atoms with van der Waals surface area (Å²) in [7, 11) is 0. The molecule has 3 N–H and O–H groups in total. The molecule has 1 aromatic rings. The van der Waals surface area contributed by atoms with Crippen LogP contribution in [0.15, 0.2) is 24.3 Å². The van der Waals surface area contributed by atoms with E-state index in [1.165, 1.54) is 12.1 Å². The summed E-state index contributed by atoms with van der Waals surface area (Å²) in [6.07, 6.45) is 0.680. The van der Waals surface area contributed by atoms with Gasteiger partial charge in [-0.15, -0.1) is 0 Å². The number of hydrogen-bond acceptors (Lipinski definition) is 3. The van der Waals surface area contributed by atoms with Gasteiger partial charge in [0.05, 0.1) is 5.56 Å². The fraction of sp³-hybridized carbons (Fsp3) is 0.667. The molecule has 0 aliphatic heterocycles. The number of hydrogen-bond donors (Lipinski definition) is 2. The number of ether oxygens (including phenoxy) is 1. The zero-order chi connectivity index (χ0) is 20.3. The van der Waals surface area contributed by atoms with Crippen molar-refractivity contribution in [3.63, 3.8) is 0 Å². The molecule has 4 aliphatic rings. The van der Waals surface area contributed by atoms with Crippen LogP contribution in [0.1, 0.15) is 51.5 Å². The van der Waals surface area contributed by atoms with E-state index in [0.29, 0.717) is 17.8 Å². The molecule has 4 aliphatic carbocycles. The smallest absolute Gasteiger partial charge is 0.416 e. The van der Waals surface area contributed by atoms with Gasteiger partial charge in [0.1, 0.15) is 5.75 Å². The minimum Gasteiger partial charge on any atom is -0.478 e. The van der Waals surface area contributed by atoms with E-state index in [-0.39, 0.29) is 23.2 Å². The van der Waals surface area contributed by atoms with Crippen molar-refractivity contribution in [1.29, 1.82) is 0 Å². The summed E-state index contributed by atoms with van der Waals surface area (Å²) in [6.45, 7) is 3.17. The number of halogens is 3. The second-order valence-corrected chi connectivity index (χ2v) is 9.47. The minimum atomic E-state index is -4.45. The highest BCUT2D eigenvalue weighted by molar-refractivity contribution is 5.85. The quantitative estimate of drug-likeness (QED) is 0.812. The molecule has 4 nitrogen and oxygen atoms in total. The lowest BCUT2D eigenvalue weighted by Gasteiger charge is -2.59. The summed E-state index contributed by atoms with van der Waals surface area (Å²) in [5.41, 5.74) is 4.37. The van der Waals surface area contributed by atoms with Crippen LogP contribution < -0.4 is 15.8 Å². The van der Waals surface area contributed by atoms with Crippen molar-refractivity contribution in [2.75, 3.05) is 0 Å². The van der Waals surface area contributed by atoms with E-state index in [4.69, 9.17) is 10.5 Å². The van der Waals surface area contributed by atoms with E-state index in [1.807, 2.05) is 0 Å². The Kier molecular flexibility index (Phi) is 4.45. The second kappa shape index (κ2) is 6.37. The molecule has 4 fully saturated rings. The highest BCUT2D eigenvalue weighted by Crippen LogP contribution is 2.54. The maximum absolute atomic E-state index is 12.9. The molecule has 1 amide bonds. The van der Waals surface area contributed by atoms with Crippen LogP contribution in [-0.2, 0) is 11.0 Å². The van der Waals surface area contributed by atoms with Crippen LogP contribution in [0.3, 0.4) is 0 Å². The molecule has 0 aromatic heterocycles. The molecule has 5 atom stereocenters. The van der Waals surface area contributed by atoms with Crippen molar-refractivity contribution in [2.45, 2.75) is 69.3 Å². The van der Waals surface area contributed by atoms with Gasteiger partial charge in [-0.1, -0.05) is 6.07 Å². The number of carbonyl (C=O) groups is 1. The van der Waals surface area contributed by atoms with Crippen molar-refractivity contribution < 1.29 is 22.7 Å². The predicted molar refractivity (Wildman–Crippen MR) is 98.6 cm³/mol. The van der Waals surface area contributed by atoms with E-state index in [2.05, 4.69) is 5.32 Å². The van der Waals surface area contributed by atoms with Gasteiger partial charge in [0, 0.05) is 11.6 Å². The number of benzene rings is 1. The third-order valence-corrected chi connectivity index (χ3v) is 6.70. The lowest BCUT2D eigenvalue weighted by Crippen LogP contribution is -2.66. The fourth-order valence-corrected chi connectivity index (χ4v) is 5.72. The van der Waals surface area contributed by atoms with E-state index in [0.717, 1.165) is 44.2 Å². The molecule has 0 heterocycles. The number of nitrogens with two attached hydrogens (primary N) is 1. The molecule has 0 saturated heterocycles. The molecule has 3 unspecified atom stereocenters. The number of amides is 1. The van der Waals surface area contributed by atoms with E-state index >= 15 is 0 Å². The van der Waals surface area contributed by atoms with Crippen LogP contribution in [0.25, 0.3) is 0 Å². The average Bonchev–Trinajstić information content (AvgIpc) is 2.55. The van der Waals surface area contributed by atoms with E-state index in [1.54, 1.807) is 13.8 Å². The van der Waals surface area contributed by atoms with Gasteiger partial charge in [-0.3, -0.25) is 4.79 Å². The number of nitrogens with one attached hydrogen (secondary N) is 1. The van der Waals surface area contributed by atoms with Crippen LogP contribution in [0.5, 0.6) is 5.75 Å². The first kappa shape index (κ1) is 19.6. The standard InChI is InChI=1S/C21H27F3N2O2/c1-19(2,28-16-5-3-4-15(8-16)21(22,23)24)18(27)26-17-13-6-12-7-14(17)11-20(25,9-12)10-13/h3-5,8,12-14,17H,6-7,9-11,25H2,1-2H3,(H,26,27)/t12?,13-,14+,17?,20?. The zero-order valence-electron chi connectivity index (χ0n) is 16.2. The first-order chi connectivity index (χ1) is 13.0. The van der Waals surface area contributed by atoms with Crippen LogP contribution in [-0.4, -0.2) is 23.1 Å². The Morgan fingerprint density at radius 1 is 1.18 bits per heavy atom. The number of carbonyl (C=O) groups excluding carboxylic acids is 1. The Morgan fingerprint density at radius 2 is 1.82 bits per heavy atom. The molecule has 4 bridgehead atoms. The Hall–Kier alpha value is -1.76. The first-order valence-electron chi connectivity index (χ1n) is 9.91. The molecule has 154 valence electrons. The Morgan fingerprint density at radius 3 is 2.39 bits per heavy atom. The van der Waals surface area contributed by atoms with Gasteiger partial charge in [0.25, 0.3) is 5.91 Å². The van der Waals surface area contributed by atoms with E-state index in [9.17, 15) is 18.0 Å². The topological polar surface area (TPSA) is 64.3 Å². The highest BCUT2D eigenvalue weighted by Gasteiger charge is 2.54. The molecule has 5 rings (SSSR count). The molecule has 4 saturated carbocycles. The SMILES string of the molecule is CC(C)(Oc1cccc(C(F)(F)F)c1)C(=O)NC1[C@@H]2CC3C[C@H]1CC(N)(C3)C2. The molecule has 28 heavy (non-hydrogen) atoms. The second-order valence-electron chi connectivity index (χ2n) is 9.47. The zero-order valence-corrected chi connectivity index (χ0v) is 16.2. The highest BCUT2D eigenvalue weighted by atomic mass is 19.4. The Labute approximate surface area is 163 Å². The van der Waals surface area contributed by atoms with Gasteiger partial charge in [-0.2, -0.15) is 13.2 Å². The van der Waals surface area contributed by atoms with Crippen LogP contribution in [0.2, 0.25) is 0 Å².